The van der Waals surface area contributed by atoms with Gasteiger partial charge in [0.05, 0.1) is 17.9 Å². The lowest BCUT2D eigenvalue weighted by Crippen LogP contribution is -2.37. The zero-order valence-corrected chi connectivity index (χ0v) is 15.1. The summed E-state index contributed by atoms with van der Waals surface area (Å²) in [6.07, 6.45) is 0. The maximum absolute atomic E-state index is 12.4. The Bertz CT molecular complexity index is 755. The topological polar surface area (TPSA) is 68.3 Å². The fourth-order valence-corrected chi connectivity index (χ4v) is 2.50. The van der Waals surface area contributed by atoms with Crippen molar-refractivity contribution < 1.29 is 14.3 Å². The Hall–Kier alpha value is -2.69. The van der Waals surface area contributed by atoms with Gasteiger partial charge in [-0.05, 0) is 31.5 Å². The molecule has 1 amide bonds. The number of hydrogen-bond acceptors (Lipinski definition) is 4. The van der Waals surface area contributed by atoms with Crippen molar-refractivity contribution in [3.63, 3.8) is 0 Å². The number of benzene rings is 1. The van der Waals surface area contributed by atoms with Gasteiger partial charge >= 0.3 is 5.97 Å². The molecule has 25 heavy (non-hydrogen) atoms. The Morgan fingerprint density at radius 1 is 1.12 bits per heavy atom. The standard InChI is InChI=1S/C20H24N2O3/c1-5-25-19(24)16-11-12-17(22-14(16)2)18(23)21-13-20(3,4)15-9-7-6-8-10-15/h6-12H,5,13H2,1-4H3,(H,21,23). The molecule has 0 fully saturated rings. The number of pyridine rings is 1. The average molecular weight is 340 g/mol. The van der Waals surface area contributed by atoms with E-state index in [1.54, 1.807) is 26.0 Å². The zero-order chi connectivity index (χ0) is 18.4. The summed E-state index contributed by atoms with van der Waals surface area (Å²) in [6, 6.07) is 13.2. The molecule has 0 aliphatic heterocycles. The SMILES string of the molecule is CCOC(=O)c1ccc(C(=O)NCC(C)(C)c2ccccc2)nc1C. The van der Waals surface area contributed by atoms with E-state index in [-0.39, 0.29) is 17.0 Å². The van der Waals surface area contributed by atoms with E-state index >= 15 is 0 Å². The molecule has 0 saturated carbocycles. The first kappa shape index (κ1) is 18.6. The molecule has 1 aromatic heterocycles. The van der Waals surface area contributed by atoms with Crippen LogP contribution in [-0.4, -0.2) is 30.0 Å². The van der Waals surface area contributed by atoms with E-state index in [0.29, 0.717) is 24.4 Å². The third kappa shape index (κ3) is 4.66. The van der Waals surface area contributed by atoms with Gasteiger partial charge in [-0.1, -0.05) is 44.2 Å². The molecule has 0 bridgehead atoms. The molecule has 1 heterocycles. The van der Waals surface area contributed by atoms with Crippen LogP contribution >= 0.6 is 0 Å². The minimum absolute atomic E-state index is 0.198. The highest BCUT2D eigenvalue weighted by atomic mass is 16.5. The number of aryl methyl sites for hydroxylation is 1. The van der Waals surface area contributed by atoms with E-state index < -0.39 is 5.97 Å². The minimum Gasteiger partial charge on any atom is -0.462 e. The molecule has 0 spiro atoms. The largest absolute Gasteiger partial charge is 0.462 e. The van der Waals surface area contributed by atoms with Crippen molar-refractivity contribution in [2.45, 2.75) is 33.1 Å². The van der Waals surface area contributed by atoms with Crippen LogP contribution in [0.2, 0.25) is 0 Å². The van der Waals surface area contributed by atoms with Crippen LogP contribution < -0.4 is 5.32 Å². The van der Waals surface area contributed by atoms with Gasteiger partial charge in [0, 0.05) is 12.0 Å². The molecule has 5 heteroatoms. The van der Waals surface area contributed by atoms with Crippen molar-refractivity contribution in [1.82, 2.24) is 10.3 Å². The number of aromatic nitrogens is 1. The van der Waals surface area contributed by atoms with E-state index in [1.165, 1.54) is 0 Å². The summed E-state index contributed by atoms with van der Waals surface area (Å²) in [4.78, 5) is 28.4. The lowest BCUT2D eigenvalue weighted by molar-refractivity contribution is 0.0524. The highest BCUT2D eigenvalue weighted by molar-refractivity contribution is 5.95. The van der Waals surface area contributed by atoms with Crippen molar-refractivity contribution in [1.29, 1.82) is 0 Å². The van der Waals surface area contributed by atoms with Crippen LogP contribution in [0, 0.1) is 6.92 Å². The number of ether oxygens (including phenoxy) is 1. The Balaban J connectivity index is 2.06. The molecule has 0 aliphatic rings. The fraction of sp³-hybridized carbons (Fsp3) is 0.350. The van der Waals surface area contributed by atoms with Gasteiger partial charge in [-0.2, -0.15) is 0 Å². The summed E-state index contributed by atoms with van der Waals surface area (Å²) in [5.74, 6) is -0.688. The number of rotatable bonds is 6. The highest BCUT2D eigenvalue weighted by Crippen LogP contribution is 2.21. The van der Waals surface area contributed by atoms with Gasteiger partial charge in [-0.15, -0.1) is 0 Å². The Kier molecular flexibility index (Phi) is 5.91. The maximum atomic E-state index is 12.4. The fourth-order valence-electron chi connectivity index (χ4n) is 2.50. The van der Waals surface area contributed by atoms with Gasteiger partial charge in [-0.3, -0.25) is 4.79 Å². The predicted molar refractivity (Wildman–Crippen MR) is 96.7 cm³/mol. The Labute approximate surface area is 148 Å². The molecule has 1 aromatic carbocycles. The third-order valence-electron chi connectivity index (χ3n) is 4.06. The van der Waals surface area contributed by atoms with E-state index in [2.05, 4.69) is 24.1 Å². The molecule has 2 rings (SSSR count). The summed E-state index contributed by atoms with van der Waals surface area (Å²) in [7, 11) is 0. The molecule has 0 aliphatic carbocycles. The van der Waals surface area contributed by atoms with Gasteiger partial charge in [0.2, 0.25) is 0 Å². The molecular formula is C20H24N2O3. The smallest absolute Gasteiger partial charge is 0.339 e. The van der Waals surface area contributed by atoms with Crippen LogP contribution in [0.25, 0.3) is 0 Å². The van der Waals surface area contributed by atoms with Gasteiger partial charge < -0.3 is 10.1 Å². The van der Waals surface area contributed by atoms with E-state index in [4.69, 9.17) is 4.74 Å². The average Bonchev–Trinajstić information content (AvgIpc) is 2.60. The number of nitrogens with zero attached hydrogens (tertiary/aromatic N) is 1. The van der Waals surface area contributed by atoms with E-state index in [0.717, 1.165) is 5.56 Å². The first-order valence-electron chi connectivity index (χ1n) is 8.33. The van der Waals surface area contributed by atoms with Crippen molar-refractivity contribution in [3.8, 4) is 0 Å². The molecule has 5 nitrogen and oxygen atoms in total. The van der Waals surface area contributed by atoms with Crippen molar-refractivity contribution in [3.05, 3.63) is 65.0 Å². The van der Waals surface area contributed by atoms with Gasteiger partial charge in [0.25, 0.3) is 5.91 Å². The highest BCUT2D eigenvalue weighted by Gasteiger charge is 2.22. The number of carbonyl (C=O) groups excluding carboxylic acids is 2. The van der Waals surface area contributed by atoms with Gasteiger partial charge in [0.15, 0.2) is 0 Å². The van der Waals surface area contributed by atoms with Crippen LogP contribution in [0.3, 0.4) is 0 Å². The normalized spacial score (nSPS) is 11.0. The maximum Gasteiger partial charge on any atom is 0.339 e. The van der Waals surface area contributed by atoms with Crippen LogP contribution in [0.15, 0.2) is 42.5 Å². The van der Waals surface area contributed by atoms with Crippen molar-refractivity contribution in [2.24, 2.45) is 0 Å². The number of nitrogens with one attached hydrogen (secondary N) is 1. The molecule has 1 N–H and O–H groups in total. The minimum atomic E-state index is -0.426. The monoisotopic (exact) mass is 340 g/mol. The summed E-state index contributed by atoms with van der Waals surface area (Å²) in [5, 5.41) is 2.92. The van der Waals surface area contributed by atoms with E-state index in [9.17, 15) is 9.59 Å². The Morgan fingerprint density at radius 3 is 2.40 bits per heavy atom. The predicted octanol–water partition coefficient (Wildman–Crippen LogP) is 3.27. The van der Waals surface area contributed by atoms with Gasteiger partial charge in [0.1, 0.15) is 5.69 Å². The third-order valence-corrected chi connectivity index (χ3v) is 4.06. The lowest BCUT2D eigenvalue weighted by Gasteiger charge is -2.25. The van der Waals surface area contributed by atoms with Crippen LogP contribution in [-0.2, 0) is 10.2 Å². The molecule has 2 aromatic rings. The van der Waals surface area contributed by atoms with Crippen molar-refractivity contribution >= 4 is 11.9 Å². The summed E-state index contributed by atoms with van der Waals surface area (Å²) < 4.78 is 4.97. The lowest BCUT2D eigenvalue weighted by atomic mass is 9.84. The van der Waals surface area contributed by atoms with Crippen molar-refractivity contribution in [2.75, 3.05) is 13.2 Å². The molecule has 0 radical (unpaired) electrons. The first-order valence-corrected chi connectivity index (χ1v) is 8.33. The summed E-state index contributed by atoms with van der Waals surface area (Å²) >= 11 is 0. The molecule has 0 unspecified atom stereocenters. The molecule has 0 saturated heterocycles. The second-order valence-corrected chi connectivity index (χ2v) is 6.48. The summed E-state index contributed by atoms with van der Waals surface area (Å²) in [5.41, 5.74) is 2.10. The van der Waals surface area contributed by atoms with E-state index in [1.807, 2.05) is 30.3 Å². The molecular weight excluding hydrogens is 316 g/mol. The van der Waals surface area contributed by atoms with Gasteiger partial charge in [-0.25, -0.2) is 9.78 Å². The second kappa shape index (κ2) is 7.92. The van der Waals surface area contributed by atoms with Crippen LogP contribution in [0.5, 0.6) is 0 Å². The number of hydrogen-bond donors (Lipinski definition) is 1. The Morgan fingerprint density at radius 2 is 1.80 bits per heavy atom. The molecule has 132 valence electrons. The van der Waals surface area contributed by atoms with Crippen LogP contribution in [0.1, 0.15) is 52.9 Å². The number of carbonyl (C=O) groups is 2. The second-order valence-electron chi connectivity index (χ2n) is 6.48. The quantitative estimate of drug-likeness (QED) is 0.820. The van der Waals surface area contributed by atoms with Crippen LogP contribution in [0.4, 0.5) is 0 Å². The number of amides is 1. The first-order chi connectivity index (χ1) is 11.8. The number of esters is 1. The zero-order valence-electron chi connectivity index (χ0n) is 15.1. The molecule has 0 atom stereocenters. The summed E-state index contributed by atoms with van der Waals surface area (Å²) in [6.45, 7) is 8.37.